The molecule has 0 spiro atoms. The van der Waals surface area contributed by atoms with E-state index in [4.69, 9.17) is 20.8 Å². The second-order valence-corrected chi connectivity index (χ2v) is 6.07. The molecule has 0 bridgehead atoms. The molecule has 0 saturated carbocycles. The number of carbonyl (C=O) groups excluding carboxylic acids is 1. The topological polar surface area (TPSA) is 87.6 Å². The molecule has 1 saturated heterocycles. The molecular formula is C14H21BN2O3. The molecule has 1 amide bonds. The van der Waals surface area contributed by atoms with Gasteiger partial charge in [0, 0.05) is 12.1 Å². The zero-order valence-electron chi connectivity index (χ0n) is 12.4. The molecule has 5 nitrogen and oxygen atoms in total. The number of benzene rings is 1. The number of rotatable bonds is 3. The van der Waals surface area contributed by atoms with Crippen LogP contribution in [0.25, 0.3) is 0 Å². The van der Waals surface area contributed by atoms with Gasteiger partial charge in [0.2, 0.25) is 5.91 Å². The monoisotopic (exact) mass is 276 g/mol. The van der Waals surface area contributed by atoms with Gasteiger partial charge in [0.1, 0.15) is 0 Å². The second-order valence-electron chi connectivity index (χ2n) is 6.07. The summed E-state index contributed by atoms with van der Waals surface area (Å²) in [4.78, 5) is 11.2. The molecule has 0 atom stereocenters. The summed E-state index contributed by atoms with van der Waals surface area (Å²) in [5, 5.41) is 0. The molecule has 0 aromatic heterocycles. The Balaban J connectivity index is 2.37. The highest BCUT2D eigenvalue weighted by Crippen LogP contribution is 2.36. The van der Waals surface area contributed by atoms with Crippen LogP contribution in [0.3, 0.4) is 0 Å². The largest absolute Gasteiger partial charge is 0.495 e. The first-order valence-electron chi connectivity index (χ1n) is 6.66. The fraction of sp³-hybridized carbons (Fsp3) is 0.500. The lowest BCUT2D eigenvalue weighted by Gasteiger charge is -2.32. The van der Waals surface area contributed by atoms with Crippen LogP contribution in [0.15, 0.2) is 18.2 Å². The van der Waals surface area contributed by atoms with Gasteiger partial charge in [-0.1, -0.05) is 6.07 Å². The van der Waals surface area contributed by atoms with Crippen LogP contribution in [0, 0.1) is 0 Å². The summed E-state index contributed by atoms with van der Waals surface area (Å²) in [6.45, 7) is 8.26. The molecule has 1 aliphatic rings. The molecule has 2 rings (SSSR count). The SMILES string of the molecule is CC1(C)OB(c2ccc(C(N)=O)cc2CN)OC1(C)C. The van der Waals surface area contributed by atoms with E-state index in [1.165, 1.54) is 0 Å². The van der Waals surface area contributed by atoms with E-state index in [1.807, 2.05) is 27.7 Å². The van der Waals surface area contributed by atoms with Crippen LogP contribution in [0.5, 0.6) is 0 Å². The number of primary amides is 1. The lowest BCUT2D eigenvalue weighted by molar-refractivity contribution is 0.00578. The Hall–Kier alpha value is -1.37. The highest BCUT2D eigenvalue weighted by molar-refractivity contribution is 6.62. The van der Waals surface area contributed by atoms with E-state index in [1.54, 1.807) is 18.2 Å². The first-order chi connectivity index (χ1) is 9.18. The Bertz CT molecular complexity index is 527. The third kappa shape index (κ3) is 2.46. The first kappa shape index (κ1) is 15.0. The van der Waals surface area contributed by atoms with Gasteiger partial charge in [0.15, 0.2) is 0 Å². The van der Waals surface area contributed by atoms with Gasteiger partial charge in [0.25, 0.3) is 0 Å². The Kier molecular flexibility index (Phi) is 3.66. The number of nitrogens with two attached hydrogens (primary N) is 2. The smallest absolute Gasteiger partial charge is 0.399 e. The Morgan fingerprint density at radius 2 is 1.75 bits per heavy atom. The zero-order chi connectivity index (χ0) is 15.1. The molecule has 6 heteroatoms. The van der Waals surface area contributed by atoms with E-state index in [2.05, 4.69) is 0 Å². The summed E-state index contributed by atoms with van der Waals surface area (Å²) in [7, 11) is -0.486. The molecule has 0 radical (unpaired) electrons. The molecule has 108 valence electrons. The van der Waals surface area contributed by atoms with Crippen LogP contribution in [0.1, 0.15) is 43.6 Å². The molecule has 20 heavy (non-hydrogen) atoms. The molecule has 0 unspecified atom stereocenters. The van der Waals surface area contributed by atoms with Crippen molar-refractivity contribution in [2.24, 2.45) is 11.5 Å². The number of amides is 1. The van der Waals surface area contributed by atoms with E-state index in [-0.39, 0.29) is 0 Å². The summed E-state index contributed by atoms with van der Waals surface area (Å²) >= 11 is 0. The van der Waals surface area contributed by atoms with Crippen molar-refractivity contribution in [1.29, 1.82) is 0 Å². The third-order valence-corrected chi connectivity index (χ3v) is 4.15. The highest BCUT2D eigenvalue weighted by Gasteiger charge is 2.52. The van der Waals surface area contributed by atoms with Gasteiger partial charge < -0.3 is 20.8 Å². The fourth-order valence-corrected chi connectivity index (χ4v) is 2.14. The van der Waals surface area contributed by atoms with Crippen LogP contribution >= 0.6 is 0 Å². The average Bonchev–Trinajstić information content (AvgIpc) is 2.57. The molecular weight excluding hydrogens is 255 g/mol. The lowest BCUT2D eigenvalue weighted by Crippen LogP contribution is -2.41. The van der Waals surface area contributed by atoms with Crippen LogP contribution in [0.4, 0.5) is 0 Å². The summed E-state index contributed by atoms with van der Waals surface area (Å²) in [6, 6.07) is 5.16. The fourth-order valence-electron chi connectivity index (χ4n) is 2.14. The Labute approximate surface area is 119 Å². The number of hydrogen-bond donors (Lipinski definition) is 2. The summed E-state index contributed by atoms with van der Waals surface area (Å²) in [6.07, 6.45) is 0. The second kappa shape index (κ2) is 4.88. The van der Waals surface area contributed by atoms with Crippen LogP contribution < -0.4 is 16.9 Å². The minimum atomic E-state index is -0.486. The van der Waals surface area contributed by atoms with Crippen molar-refractivity contribution in [2.45, 2.75) is 45.4 Å². The number of carbonyl (C=O) groups is 1. The van der Waals surface area contributed by atoms with Crippen molar-refractivity contribution >= 4 is 18.5 Å². The average molecular weight is 276 g/mol. The van der Waals surface area contributed by atoms with E-state index in [0.717, 1.165) is 11.0 Å². The standard InChI is InChI=1S/C14H21BN2O3/c1-13(2)14(3,4)20-15(19-13)11-6-5-9(12(17)18)7-10(11)8-16/h5-7H,8,16H2,1-4H3,(H2,17,18). The third-order valence-electron chi connectivity index (χ3n) is 4.15. The summed E-state index contributed by atoms with van der Waals surface area (Å²) in [5.41, 5.74) is 12.3. The molecule has 1 aromatic rings. The quantitative estimate of drug-likeness (QED) is 0.789. The normalized spacial score (nSPS) is 20.1. The van der Waals surface area contributed by atoms with Gasteiger partial charge in [-0.05, 0) is 50.9 Å². The van der Waals surface area contributed by atoms with Gasteiger partial charge in [-0.2, -0.15) is 0 Å². The minimum absolute atomic E-state index is 0.292. The molecule has 1 heterocycles. The van der Waals surface area contributed by atoms with Crippen LogP contribution in [-0.2, 0) is 15.9 Å². The van der Waals surface area contributed by atoms with E-state index < -0.39 is 24.2 Å². The molecule has 4 N–H and O–H groups in total. The van der Waals surface area contributed by atoms with Crippen molar-refractivity contribution in [3.63, 3.8) is 0 Å². The van der Waals surface area contributed by atoms with Crippen molar-refractivity contribution < 1.29 is 14.1 Å². The molecule has 0 aliphatic carbocycles. The van der Waals surface area contributed by atoms with E-state index >= 15 is 0 Å². The van der Waals surface area contributed by atoms with Gasteiger partial charge in [-0.25, -0.2) is 0 Å². The lowest BCUT2D eigenvalue weighted by atomic mass is 9.75. The summed E-state index contributed by atoms with van der Waals surface area (Å²) < 4.78 is 12.0. The minimum Gasteiger partial charge on any atom is -0.399 e. The van der Waals surface area contributed by atoms with Crippen molar-refractivity contribution in [3.8, 4) is 0 Å². The van der Waals surface area contributed by atoms with Crippen LogP contribution in [-0.4, -0.2) is 24.2 Å². The predicted molar refractivity (Wildman–Crippen MR) is 78.6 cm³/mol. The molecule has 1 fully saturated rings. The van der Waals surface area contributed by atoms with Gasteiger partial charge >= 0.3 is 7.12 Å². The Morgan fingerprint density at radius 3 is 2.20 bits per heavy atom. The molecule has 1 aromatic carbocycles. The maximum Gasteiger partial charge on any atom is 0.495 e. The van der Waals surface area contributed by atoms with Gasteiger partial charge in [-0.15, -0.1) is 0 Å². The van der Waals surface area contributed by atoms with Gasteiger partial charge in [-0.3, -0.25) is 4.79 Å². The predicted octanol–water partition coefficient (Wildman–Crippen LogP) is 0.543. The van der Waals surface area contributed by atoms with Gasteiger partial charge in [0.05, 0.1) is 11.2 Å². The van der Waals surface area contributed by atoms with Crippen molar-refractivity contribution in [2.75, 3.05) is 0 Å². The summed E-state index contributed by atoms with van der Waals surface area (Å²) in [5.74, 6) is -0.472. The highest BCUT2D eigenvalue weighted by atomic mass is 16.7. The van der Waals surface area contributed by atoms with Crippen molar-refractivity contribution in [3.05, 3.63) is 29.3 Å². The first-order valence-corrected chi connectivity index (χ1v) is 6.66. The van der Waals surface area contributed by atoms with Crippen molar-refractivity contribution in [1.82, 2.24) is 0 Å². The maximum atomic E-state index is 11.2. The van der Waals surface area contributed by atoms with E-state index in [9.17, 15) is 4.79 Å². The molecule has 1 aliphatic heterocycles. The Morgan fingerprint density at radius 1 is 1.20 bits per heavy atom. The van der Waals surface area contributed by atoms with E-state index in [0.29, 0.717) is 12.1 Å². The zero-order valence-corrected chi connectivity index (χ0v) is 12.4. The van der Waals surface area contributed by atoms with Crippen LogP contribution in [0.2, 0.25) is 0 Å². The number of hydrogen-bond acceptors (Lipinski definition) is 4. The maximum absolute atomic E-state index is 11.2.